The Bertz CT molecular complexity index is 573. The average Bonchev–Trinajstić information content (AvgIpc) is 2.40. The van der Waals surface area contributed by atoms with Crippen molar-refractivity contribution >= 4 is 15.7 Å². The Labute approximate surface area is 127 Å². The number of benzene rings is 1. The van der Waals surface area contributed by atoms with Crippen LogP contribution in [0.25, 0.3) is 0 Å². The largest absolute Gasteiger partial charge is 0.398 e. The van der Waals surface area contributed by atoms with Crippen LogP contribution in [0.2, 0.25) is 0 Å². The van der Waals surface area contributed by atoms with Gasteiger partial charge in [0.05, 0.1) is 12.3 Å². The van der Waals surface area contributed by atoms with E-state index in [1.54, 1.807) is 20.1 Å². The Morgan fingerprint density at radius 3 is 2.57 bits per heavy atom. The summed E-state index contributed by atoms with van der Waals surface area (Å²) in [4.78, 5) is 2.18. The molecular formula is C14H25N3O3S. The van der Waals surface area contributed by atoms with Gasteiger partial charge in [0, 0.05) is 26.7 Å². The minimum Gasteiger partial charge on any atom is -0.398 e. The Balaban J connectivity index is 2.73. The van der Waals surface area contributed by atoms with Crippen molar-refractivity contribution in [3.63, 3.8) is 0 Å². The third-order valence-electron chi connectivity index (χ3n) is 3.44. The maximum absolute atomic E-state index is 12.4. The molecule has 1 rings (SSSR count). The molecule has 6 nitrogen and oxygen atoms in total. The topological polar surface area (TPSA) is 84.7 Å². The highest BCUT2D eigenvalue weighted by Crippen LogP contribution is 2.24. The molecule has 0 amide bonds. The number of nitrogens with zero attached hydrogens (tertiary/aromatic N) is 1. The molecule has 1 aromatic carbocycles. The number of nitrogens with two attached hydrogens (primary N) is 1. The average molecular weight is 315 g/mol. The third kappa shape index (κ3) is 4.96. The summed E-state index contributed by atoms with van der Waals surface area (Å²) >= 11 is 0. The normalized spacial score (nSPS) is 12.0. The van der Waals surface area contributed by atoms with E-state index in [2.05, 4.69) is 4.72 Å². The number of ether oxygens (including phenoxy) is 1. The molecule has 0 fully saturated rings. The lowest BCUT2D eigenvalue weighted by Crippen LogP contribution is -2.35. The lowest BCUT2D eigenvalue weighted by Gasteiger charge is -2.17. The van der Waals surface area contributed by atoms with Gasteiger partial charge in [-0.1, -0.05) is 6.07 Å². The standard InChI is InChI=1S/C14H25N3O3S/c1-11-5-6-13(15)14(12(11)2)21(18,19)16-7-8-17(3)9-10-20-4/h5-6,16H,7-10,15H2,1-4H3. The number of methoxy groups -OCH3 is 1. The van der Waals surface area contributed by atoms with Gasteiger partial charge >= 0.3 is 0 Å². The van der Waals surface area contributed by atoms with E-state index >= 15 is 0 Å². The van der Waals surface area contributed by atoms with Crippen LogP contribution >= 0.6 is 0 Å². The summed E-state index contributed by atoms with van der Waals surface area (Å²) in [5.41, 5.74) is 7.70. The first-order valence-corrected chi connectivity index (χ1v) is 8.30. The summed E-state index contributed by atoms with van der Waals surface area (Å²) in [6.45, 7) is 5.94. The highest BCUT2D eigenvalue weighted by Gasteiger charge is 2.20. The molecular weight excluding hydrogens is 290 g/mol. The van der Waals surface area contributed by atoms with Crippen LogP contribution in [0, 0.1) is 13.8 Å². The number of nitrogens with one attached hydrogen (secondary N) is 1. The number of hydrogen-bond donors (Lipinski definition) is 2. The number of likely N-dealkylation sites (N-methyl/N-ethyl adjacent to an activating group) is 1. The minimum atomic E-state index is -3.59. The molecule has 0 saturated heterocycles. The number of rotatable bonds is 8. The van der Waals surface area contributed by atoms with Crippen LogP contribution in [0.3, 0.4) is 0 Å². The molecule has 0 aliphatic heterocycles. The molecule has 0 spiro atoms. The zero-order valence-corrected chi connectivity index (χ0v) is 14.0. The van der Waals surface area contributed by atoms with E-state index in [0.29, 0.717) is 25.3 Å². The van der Waals surface area contributed by atoms with Gasteiger partial charge in [-0.15, -0.1) is 0 Å². The Morgan fingerprint density at radius 1 is 1.29 bits per heavy atom. The maximum atomic E-state index is 12.4. The van der Waals surface area contributed by atoms with Crippen molar-refractivity contribution < 1.29 is 13.2 Å². The molecule has 0 atom stereocenters. The van der Waals surface area contributed by atoms with Gasteiger partial charge in [-0.3, -0.25) is 0 Å². The van der Waals surface area contributed by atoms with E-state index in [4.69, 9.17) is 10.5 Å². The monoisotopic (exact) mass is 315 g/mol. The number of nitrogen functional groups attached to an aromatic ring is 1. The number of hydrogen-bond acceptors (Lipinski definition) is 5. The predicted octanol–water partition coefficient (Wildman–Crippen LogP) is 0.742. The Kier molecular flexibility index (Phi) is 6.60. The number of aryl methyl sites for hydroxylation is 1. The summed E-state index contributed by atoms with van der Waals surface area (Å²) in [5, 5.41) is 0. The fraction of sp³-hybridized carbons (Fsp3) is 0.571. The molecule has 0 bridgehead atoms. The first kappa shape index (κ1) is 17.9. The van der Waals surface area contributed by atoms with Crippen molar-refractivity contribution in [2.45, 2.75) is 18.7 Å². The molecule has 120 valence electrons. The summed E-state index contributed by atoms with van der Waals surface area (Å²) in [7, 11) is -0.0382. The zero-order chi connectivity index (χ0) is 16.0. The second kappa shape index (κ2) is 7.74. The van der Waals surface area contributed by atoms with Gasteiger partial charge in [0.15, 0.2) is 0 Å². The van der Waals surface area contributed by atoms with Crippen LogP contribution in [0.15, 0.2) is 17.0 Å². The number of sulfonamides is 1. The van der Waals surface area contributed by atoms with Gasteiger partial charge in [-0.25, -0.2) is 13.1 Å². The van der Waals surface area contributed by atoms with Gasteiger partial charge in [-0.2, -0.15) is 0 Å². The van der Waals surface area contributed by atoms with Crippen LogP contribution in [-0.2, 0) is 14.8 Å². The highest BCUT2D eigenvalue weighted by molar-refractivity contribution is 7.89. The van der Waals surface area contributed by atoms with Gasteiger partial charge < -0.3 is 15.4 Å². The van der Waals surface area contributed by atoms with Crippen LogP contribution in [0.1, 0.15) is 11.1 Å². The SMILES string of the molecule is COCCN(C)CCNS(=O)(=O)c1c(N)ccc(C)c1C. The van der Waals surface area contributed by atoms with Crippen LogP contribution in [0.4, 0.5) is 5.69 Å². The number of anilines is 1. The first-order chi connectivity index (χ1) is 9.79. The second-order valence-electron chi connectivity index (χ2n) is 5.12. The van der Waals surface area contributed by atoms with E-state index < -0.39 is 10.0 Å². The first-order valence-electron chi connectivity index (χ1n) is 6.82. The van der Waals surface area contributed by atoms with Crippen molar-refractivity contribution in [1.82, 2.24) is 9.62 Å². The fourth-order valence-electron chi connectivity index (χ4n) is 1.97. The fourth-order valence-corrected chi connectivity index (χ4v) is 3.42. The second-order valence-corrected chi connectivity index (χ2v) is 6.82. The Morgan fingerprint density at radius 2 is 1.95 bits per heavy atom. The van der Waals surface area contributed by atoms with E-state index in [-0.39, 0.29) is 10.6 Å². The minimum absolute atomic E-state index is 0.182. The lowest BCUT2D eigenvalue weighted by atomic mass is 10.1. The van der Waals surface area contributed by atoms with E-state index in [9.17, 15) is 8.42 Å². The van der Waals surface area contributed by atoms with Gasteiger partial charge in [0.1, 0.15) is 4.90 Å². The molecule has 3 N–H and O–H groups in total. The van der Waals surface area contributed by atoms with Gasteiger partial charge in [-0.05, 0) is 38.1 Å². The molecule has 0 heterocycles. The van der Waals surface area contributed by atoms with Crippen molar-refractivity contribution in [2.24, 2.45) is 0 Å². The quantitative estimate of drug-likeness (QED) is 0.691. The van der Waals surface area contributed by atoms with Gasteiger partial charge in [0.25, 0.3) is 0 Å². The molecule has 0 unspecified atom stereocenters. The summed E-state index contributed by atoms with van der Waals surface area (Å²) in [6, 6.07) is 3.45. The molecule has 21 heavy (non-hydrogen) atoms. The molecule has 1 aromatic rings. The van der Waals surface area contributed by atoms with Crippen molar-refractivity contribution in [3.8, 4) is 0 Å². The van der Waals surface area contributed by atoms with E-state index in [1.807, 2.05) is 24.9 Å². The molecule has 0 aromatic heterocycles. The highest BCUT2D eigenvalue weighted by atomic mass is 32.2. The molecule has 0 aliphatic rings. The van der Waals surface area contributed by atoms with Crippen molar-refractivity contribution in [1.29, 1.82) is 0 Å². The smallest absolute Gasteiger partial charge is 0.242 e. The summed E-state index contributed by atoms with van der Waals surface area (Å²) in [5.74, 6) is 0. The van der Waals surface area contributed by atoms with E-state index in [0.717, 1.165) is 12.1 Å². The van der Waals surface area contributed by atoms with Gasteiger partial charge in [0.2, 0.25) is 10.0 Å². The predicted molar refractivity (Wildman–Crippen MR) is 84.9 cm³/mol. The van der Waals surface area contributed by atoms with Crippen molar-refractivity contribution in [3.05, 3.63) is 23.3 Å². The Hall–Kier alpha value is -1.15. The van der Waals surface area contributed by atoms with Crippen LogP contribution in [0.5, 0.6) is 0 Å². The summed E-state index contributed by atoms with van der Waals surface area (Å²) < 4.78 is 32.4. The molecule has 0 radical (unpaired) electrons. The zero-order valence-electron chi connectivity index (χ0n) is 13.1. The molecule has 7 heteroatoms. The summed E-state index contributed by atoms with van der Waals surface area (Å²) in [6.07, 6.45) is 0. The van der Waals surface area contributed by atoms with Crippen LogP contribution < -0.4 is 10.5 Å². The molecule has 0 saturated carbocycles. The lowest BCUT2D eigenvalue weighted by molar-refractivity contribution is 0.162. The third-order valence-corrected chi connectivity index (χ3v) is 5.10. The molecule has 0 aliphatic carbocycles. The van der Waals surface area contributed by atoms with Crippen LogP contribution in [-0.4, -0.2) is 53.7 Å². The van der Waals surface area contributed by atoms with E-state index in [1.165, 1.54) is 0 Å². The van der Waals surface area contributed by atoms with Crippen molar-refractivity contribution in [2.75, 3.05) is 46.1 Å². The maximum Gasteiger partial charge on any atom is 0.242 e.